The van der Waals surface area contributed by atoms with Gasteiger partial charge >= 0.3 is 0 Å². The van der Waals surface area contributed by atoms with Crippen molar-refractivity contribution in [3.05, 3.63) is 23.8 Å². The molecule has 0 saturated heterocycles. The Labute approximate surface area is 145 Å². The first-order valence-corrected chi connectivity index (χ1v) is 8.97. The van der Waals surface area contributed by atoms with E-state index in [9.17, 15) is 0 Å². The highest BCUT2D eigenvalue weighted by Crippen LogP contribution is 2.32. The summed E-state index contributed by atoms with van der Waals surface area (Å²) in [6.45, 7) is 5.00. The number of nitrogens with one attached hydrogen (secondary N) is 2. The van der Waals surface area contributed by atoms with Crippen LogP contribution in [-0.4, -0.2) is 32.3 Å². The number of methoxy groups -OCH3 is 1. The molecule has 2 rings (SSSR count). The normalized spacial score (nSPS) is 16.8. The van der Waals surface area contributed by atoms with E-state index in [4.69, 9.17) is 9.47 Å². The van der Waals surface area contributed by atoms with Gasteiger partial charge < -0.3 is 20.1 Å². The van der Waals surface area contributed by atoms with Gasteiger partial charge in [0.25, 0.3) is 0 Å². The fourth-order valence-electron chi connectivity index (χ4n) is 2.82. The Balaban J connectivity index is 1.99. The van der Waals surface area contributed by atoms with Crippen LogP contribution in [-0.2, 0) is 6.54 Å². The Morgan fingerprint density at radius 1 is 1.29 bits per heavy atom. The third-order valence-corrected chi connectivity index (χ3v) is 4.50. The summed E-state index contributed by atoms with van der Waals surface area (Å²) in [4.78, 5) is 4.27. The van der Waals surface area contributed by atoms with E-state index in [1.807, 2.05) is 6.07 Å². The molecule has 0 aromatic heterocycles. The lowest BCUT2D eigenvalue weighted by atomic mass is 10.2. The fourth-order valence-corrected chi connectivity index (χ4v) is 2.82. The van der Waals surface area contributed by atoms with Crippen LogP contribution in [0.3, 0.4) is 0 Å². The molecule has 1 aromatic carbocycles. The number of hydrogen-bond acceptors (Lipinski definition) is 3. The first-order chi connectivity index (χ1) is 11.7. The van der Waals surface area contributed by atoms with E-state index >= 15 is 0 Å². The molecule has 5 heteroatoms. The first-order valence-electron chi connectivity index (χ1n) is 8.97. The number of ether oxygens (including phenoxy) is 2. The van der Waals surface area contributed by atoms with E-state index in [2.05, 4.69) is 41.6 Å². The SMILES string of the molecule is CCC(C)NC(=NC)NCc1ccc(OC)c(OC2CCCC2)c1. The van der Waals surface area contributed by atoms with Gasteiger partial charge in [-0.25, -0.2) is 0 Å². The van der Waals surface area contributed by atoms with Crippen molar-refractivity contribution in [2.45, 2.75) is 64.6 Å². The molecule has 5 nitrogen and oxygen atoms in total. The minimum atomic E-state index is 0.321. The number of rotatable bonds is 7. The quantitative estimate of drug-likeness (QED) is 0.592. The van der Waals surface area contributed by atoms with Crippen molar-refractivity contribution in [1.29, 1.82) is 0 Å². The molecule has 0 amide bonds. The molecule has 0 spiro atoms. The Bertz CT molecular complexity index is 539. The summed E-state index contributed by atoms with van der Waals surface area (Å²) in [5.41, 5.74) is 1.15. The van der Waals surface area contributed by atoms with E-state index < -0.39 is 0 Å². The molecule has 134 valence electrons. The predicted octanol–water partition coefficient (Wildman–Crippen LogP) is 3.48. The standard InChI is InChI=1S/C19H31N3O2/c1-5-14(2)22-19(20-3)21-13-15-10-11-17(23-4)18(12-15)24-16-8-6-7-9-16/h10-12,14,16H,5-9,13H2,1-4H3,(H2,20,21,22). The fraction of sp³-hybridized carbons (Fsp3) is 0.632. The zero-order chi connectivity index (χ0) is 17.4. The molecule has 1 saturated carbocycles. The smallest absolute Gasteiger partial charge is 0.191 e. The van der Waals surface area contributed by atoms with Crippen molar-refractivity contribution >= 4 is 5.96 Å². The molecule has 24 heavy (non-hydrogen) atoms. The highest BCUT2D eigenvalue weighted by molar-refractivity contribution is 5.79. The maximum absolute atomic E-state index is 6.15. The van der Waals surface area contributed by atoms with Crippen LogP contribution in [0.1, 0.15) is 51.5 Å². The predicted molar refractivity (Wildman–Crippen MR) is 99.0 cm³/mol. The molecule has 1 aliphatic rings. The number of nitrogens with zero attached hydrogens (tertiary/aromatic N) is 1. The first kappa shape index (κ1) is 18.4. The topological polar surface area (TPSA) is 54.9 Å². The van der Waals surface area contributed by atoms with Gasteiger partial charge in [-0.2, -0.15) is 0 Å². The molecular weight excluding hydrogens is 302 g/mol. The second kappa shape index (κ2) is 9.40. The van der Waals surface area contributed by atoms with Gasteiger partial charge in [-0.3, -0.25) is 4.99 Å². The van der Waals surface area contributed by atoms with E-state index in [-0.39, 0.29) is 0 Å². The second-order valence-electron chi connectivity index (χ2n) is 6.39. The summed E-state index contributed by atoms with van der Waals surface area (Å²) in [5, 5.41) is 6.72. The van der Waals surface area contributed by atoms with E-state index in [0.717, 1.165) is 42.3 Å². The molecule has 0 heterocycles. The molecular formula is C19H31N3O2. The molecule has 1 fully saturated rings. The molecule has 1 aliphatic carbocycles. The van der Waals surface area contributed by atoms with Crippen molar-refractivity contribution in [2.24, 2.45) is 4.99 Å². The summed E-state index contributed by atoms with van der Waals surface area (Å²) < 4.78 is 11.6. The van der Waals surface area contributed by atoms with Gasteiger partial charge in [-0.1, -0.05) is 13.0 Å². The van der Waals surface area contributed by atoms with Crippen LogP contribution in [0.2, 0.25) is 0 Å². The molecule has 0 radical (unpaired) electrons. The van der Waals surface area contributed by atoms with E-state index in [1.165, 1.54) is 12.8 Å². The van der Waals surface area contributed by atoms with Gasteiger partial charge in [0.05, 0.1) is 13.2 Å². The van der Waals surface area contributed by atoms with E-state index in [0.29, 0.717) is 18.7 Å². The van der Waals surface area contributed by atoms with Gasteiger partial charge in [-0.15, -0.1) is 0 Å². The number of hydrogen-bond donors (Lipinski definition) is 2. The lowest BCUT2D eigenvalue weighted by Gasteiger charge is -2.18. The highest BCUT2D eigenvalue weighted by Gasteiger charge is 2.18. The molecule has 2 N–H and O–H groups in total. The van der Waals surface area contributed by atoms with Gasteiger partial charge in [0.15, 0.2) is 17.5 Å². The number of guanidine groups is 1. The summed E-state index contributed by atoms with van der Waals surface area (Å²) in [6.07, 6.45) is 6.16. The monoisotopic (exact) mass is 333 g/mol. The van der Waals surface area contributed by atoms with Crippen molar-refractivity contribution in [2.75, 3.05) is 14.2 Å². The minimum Gasteiger partial charge on any atom is -0.493 e. The third-order valence-electron chi connectivity index (χ3n) is 4.50. The molecule has 1 unspecified atom stereocenters. The van der Waals surface area contributed by atoms with Crippen molar-refractivity contribution in [3.63, 3.8) is 0 Å². The summed E-state index contributed by atoms with van der Waals surface area (Å²) in [7, 11) is 3.48. The Morgan fingerprint density at radius 3 is 2.67 bits per heavy atom. The third kappa shape index (κ3) is 5.32. The van der Waals surface area contributed by atoms with Gasteiger partial charge in [0.2, 0.25) is 0 Å². The Morgan fingerprint density at radius 2 is 2.04 bits per heavy atom. The largest absolute Gasteiger partial charge is 0.493 e. The Kier molecular flexibility index (Phi) is 7.22. The van der Waals surface area contributed by atoms with Crippen LogP contribution >= 0.6 is 0 Å². The summed E-state index contributed by atoms with van der Waals surface area (Å²) >= 11 is 0. The summed E-state index contributed by atoms with van der Waals surface area (Å²) in [6, 6.07) is 6.50. The van der Waals surface area contributed by atoms with Crippen LogP contribution in [0.25, 0.3) is 0 Å². The maximum Gasteiger partial charge on any atom is 0.191 e. The van der Waals surface area contributed by atoms with Crippen molar-refractivity contribution in [1.82, 2.24) is 10.6 Å². The van der Waals surface area contributed by atoms with Crippen LogP contribution in [0.5, 0.6) is 11.5 Å². The number of benzene rings is 1. The summed E-state index contributed by atoms with van der Waals surface area (Å²) in [5.74, 6) is 2.46. The molecule has 1 atom stereocenters. The van der Waals surface area contributed by atoms with Crippen LogP contribution in [0, 0.1) is 0 Å². The molecule has 0 bridgehead atoms. The lowest BCUT2D eigenvalue weighted by Crippen LogP contribution is -2.41. The van der Waals surface area contributed by atoms with E-state index in [1.54, 1.807) is 14.2 Å². The number of aliphatic imine (C=N–C) groups is 1. The van der Waals surface area contributed by atoms with Gasteiger partial charge in [-0.05, 0) is 56.7 Å². The highest BCUT2D eigenvalue weighted by atomic mass is 16.5. The maximum atomic E-state index is 6.15. The lowest BCUT2D eigenvalue weighted by molar-refractivity contribution is 0.200. The van der Waals surface area contributed by atoms with Gasteiger partial charge in [0, 0.05) is 19.6 Å². The van der Waals surface area contributed by atoms with Crippen LogP contribution < -0.4 is 20.1 Å². The molecule has 1 aromatic rings. The zero-order valence-electron chi connectivity index (χ0n) is 15.4. The second-order valence-corrected chi connectivity index (χ2v) is 6.39. The average Bonchev–Trinajstić information content (AvgIpc) is 3.11. The Hall–Kier alpha value is -1.91. The zero-order valence-corrected chi connectivity index (χ0v) is 15.4. The average molecular weight is 333 g/mol. The van der Waals surface area contributed by atoms with Crippen LogP contribution in [0.15, 0.2) is 23.2 Å². The van der Waals surface area contributed by atoms with Gasteiger partial charge in [0.1, 0.15) is 0 Å². The van der Waals surface area contributed by atoms with Crippen molar-refractivity contribution < 1.29 is 9.47 Å². The van der Waals surface area contributed by atoms with Crippen LogP contribution in [0.4, 0.5) is 0 Å². The molecule has 0 aliphatic heterocycles. The minimum absolute atomic E-state index is 0.321. The van der Waals surface area contributed by atoms with Crippen molar-refractivity contribution in [3.8, 4) is 11.5 Å².